The maximum absolute atomic E-state index is 12.8. The molecule has 4 aromatic carbocycles. The van der Waals surface area contributed by atoms with Crippen LogP contribution in [0.3, 0.4) is 0 Å². The Morgan fingerprint density at radius 3 is 2.56 bits per heavy atom. The minimum Gasteiger partial charge on any atom is -0.493 e. The van der Waals surface area contributed by atoms with Crippen molar-refractivity contribution in [3.63, 3.8) is 0 Å². The molecule has 4 aromatic rings. The molecule has 0 atom stereocenters. The summed E-state index contributed by atoms with van der Waals surface area (Å²) in [5, 5.41) is 3.88. The fourth-order valence-corrected chi connectivity index (χ4v) is 4.47. The van der Waals surface area contributed by atoms with Gasteiger partial charge in [0, 0.05) is 10.9 Å². The Morgan fingerprint density at radius 1 is 0.882 bits per heavy atom. The molecule has 0 saturated heterocycles. The predicted molar refractivity (Wildman–Crippen MR) is 125 cm³/mol. The maximum atomic E-state index is 12.8. The first-order chi connectivity index (χ1) is 16.6. The van der Waals surface area contributed by atoms with E-state index in [4.69, 9.17) is 18.9 Å². The Labute approximate surface area is 194 Å². The summed E-state index contributed by atoms with van der Waals surface area (Å²) in [6.45, 7) is 0.474. The van der Waals surface area contributed by atoms with Gasteiger partial charge in [-0.05, 0) is 40.8 Å². The molecule has 0 aliphatic carbocycles. The summed E-state index contributed by atoms with van der Waals surface area (Å²) in [5.41, 5.74) is 2.95. The van der Waals surface area contributed by atoms with E-state index in [1.807, 2.05) is 42.5 Å². The standard InChI is InChI=1S/C27H19NO6/c1-31-21-12-17(7-9-19(21)32-13-15-5-3-2-4-6-15)22-23-16(8-10-20-25(23)34-14-33-20)11-18-24(22)27(30)28-26(18)29/h2-12H,13-14H2,1H3,(H,28,29,30). The molecule has 2 aliphatic rings. The lowest BCUT2D eigenvalue weighted by Crippen LogP contribution is -2.20. The zero-order valence-electron chi connectivity index (χ0n) is 18.2. The van der Waals surface area contributed by atoms with E-state index in [0.717, 1.165) is 10.9 Å². The van der Waals surface area contributed by atoms with Crippen molar-refractivity contribution in [3.8, 4) is 34.1 Å². The molecule has 0 unspecified atom stereocenters. The quantitative estimate of drug-likeness (QED) is 0.441. The van der Waals surface area contributed by atoms with Gasteiger partial charge in [0.25, 0.3) is 11.8 Å². The normalized spacial score (nSPS) is 13.7. The second-order valence-electron chi connectivity index (χ2n) is 7.99. The Morgan fingerprint density at radius 2 is 1.74 bits per heavy atom. The third kappa shape index (κ3) is 3.13. The molecular formula is C27H19NO6. The first-order valence-corrected chi connectivity index (χ1v) is 10.7. The van der Waals surface area contributed by atoms with Gasteiger partial charge < -0.3 is 18.9 Å². The van der Waals surface area contributed by atoms with Crippen LogP contribution in [0.4, 0.5) is 0 Å². The minimum absolute atomic E-state index is 0.0890. The van der Waals surface area contributed by atoms with Gasteiger partial charge in [0.05, 0.1) is 18.2 Å². The van der Waals surface area contributed by atoms with Crippen molar-refractivity contribution >= 4 is 22.6 Å². The Bertz CT molecular complexity index is 1480. The fourth-order valence-electron chi connectivity index (χ4n) is 4.47. The summed E-state index contributed by atoms with van der Waals surface area (Å²) >= 11 is 0. The van der Waals surface area contributed by atoms with E-state index in [-0.39, 0.29) is 6.79 Å². The number of imide groups is 1. The molecule has 0 fully saturated rings. The molecule has 2 heterocycles. The van der Waals surface area contributed by atoms with E-state index < -0.39 is 11.8 Å². The van der Waals surface area contributed by atoms with Gasteiger partial charge in [0.15, 0.2) is 23.0 Å². The summed E-state index contributed by atoms with van der Waals surface area (Å²) in [6.07, 6.45) is 0. The van der Waals surface area contributed by atoms with Crippen LogP contribution in [0.25, 0.3) is 21.9 Å². The van der Waals surface area contributed by atoms with Crippen LogP contribution in [-0.2, 0) is 6.61 Å². The third-order valence-electron chi connectivity index (χ3n) is 6.03. The van der Waals surface area contributed by atoms with Crippen LogP contribution < -0.4 is 24.3 Å². The summed E-state index contributed by atoms with van der Waals surface area (Å²) in [6, 6.07) is 20.7. The van der Waals surface area contributed by atoms with Gasteiger partial charge in [-0.15, -0.1) is 0 Å². The number of nitrogens with one attached hydrogen (secondary N) is 1. The topological polar surface area (TPSA) is 83.1 Å². The van der Waals surface area contributed by atoms with Gasteiger partial charge in [-0.25, -0.2) is 0 Å². The number of hydrogen-bond donors (Lipinski definition) is 1. The highest BCUT2D eigenvalue weighted by Gasteiger charge is 2.34. The van der Waals surface area contributed by atoms with E-state index in [1.165, 1.54) is 0 Å². The largest absolute Gasteiger partial charge is 0.493 e. The highest BCUT2D eigenvalue weighted by Crippen LogP contribution is 2.48. The maximum Gasteiger partial charge on any atom is 0.259 e. The minimum atomic E-state index is -0.447. The van der Waals surface area contributed by atoms with Crippen LogP contribution in [0.1, 0.15) is 26.3 Å². The molecule has 0 aromatic heterocycles. The zero-order chi connectivity index (χ0) is 23.2. The Balaban J connectivity index is 1.52. The summed E-state index contributed by atoms with van der Waals surface area (Å²) in [7, 11) is 1.56. The Hall–Kier alpha value is -4.52. The SMILES string of the molecule is COc1cc(-c2c3c(cc4ccc5c(c24)OCO5)C(=O)NC3=O)ccc1OCc1ccccc1. The average molecular weight is 453 g/mol. The van der Waals surface area contributed by atoms with Crippen molar-refractivity contribution in [3.05, 3.63) is 83.4 Å². The molecule has 2 aliphatic heterocycles. The predicted octanol–water partition coefficient (Wildman–Crippen LogP) is 4.71. The number of amides is 2. The molecule has 7 nitrogen and oxygen atoms in total. The first-order valence-electron chi connectivity index (χ1n) is 10.7. The molecule has 6 rings (SSSR count). The number of hydrogen-bond acceptors (Lipinski definition) is 6. The van der Waals surface area contributed by atoms with Crippen LogP contribution in [0.15, 0.2) is 66.7 Å². The van der Waals surface area contributed by atoms with Crippen molar-refractivity contribution in [2.75, 3.05) is 13.9 Å². The van der Waals surface area contributed by atoms with Gasteiger partial charge in [0.1, 0.15) is 6.61 Å². The van der Waals surface area contributed by atoms with Crippen LogP contribution in [0.5, 0.6) is 23.0 Å². The smallest absolute Gasteiger partial charge is 0.259 e. The van der Waals surface area contributed by atoms with Gasteiger partial charge in [-0.1, -0.05) is 42.5 Å². The summed E-state index contributed by atoms with van der Waals surface area (Å²) in [4.78, 5) is 25.3. The first kappa shape index (κ1) is 20.1. The molecule has 0 bridgehead atoms. The fraction of sp³-hybridized carbons (Fsp3) is 0.111. The van der Waals surface area contributed by atoms with Crippen LogP contribution >= 0.6 is 0 Å². The number of rotatable bonds is 5. The lowest BCUT2D eigenvalue weighted by atomic mass is 9.89. The molecule has 0 radical (unpaired) electrons. The second-order valence-corrected chi connectivity index (χ2v) is 7.99. The molecule has 168 valence electrons. The second kappa shape index (κ2) is 7.81. The molecule has 2 amide bonds. The van der Waals surface area contributed by atoms with E-state index >= 15 is 0 Å². The van der Waals surface area contributed by atoms with Crippen molar-refractivity contribution in [1.82, 2.24) is 5.32 Å². The van der Waals surface area contributed by atoms with Gasteiger partial charge in [-0.2, -0.15) is 0 Å². The highest BCUT2D eigenvalue weighted by atomic mass is 16.7. The van der Waals surface area contributed by atoms with Gasteiger partial charge in [0.2, 0.25) is 6.79 Å². The number of methoxy groups -OCH3 is 1. The van der Waals surface area contributed by atoms with E-state index in [1.54, 1.807) is 31.4 Å². The lowest BCUT2D eigenvalue weighted by Gasteiger charge is -2.16. The number of fused-ring (bicyclic) bond motifs is 4. The van der Waals surface area contributed by atoms with Crippen molar-refractivity contribution in [2.45, 2.75) is 6.61 Å². The van der Waals surface area contributed by atoms with E-state index in [2.05, 4.69) is 5.32 Å². The van der Waals surface area contributed by atoms with E-state index in [0.29, 0.717) is 57.2 Å². The van der Waals surface area contributed by atoms with E-state index in [9.17, 15) is 9.59 Å². The number of carbonyl (C=O) groups excluding carboxylic acids is 2. The van der Waals surface area contributed by atoms with Crippen molar-refractivity contribution in [2.24, 2.45) is 0 Å². The zero-order valence-corrected chi connectivity index (χ0v) is 18.2. The van der Waals surface area contributed by atoms with Crippen molar-refractivity contribution in [1.29, 1.82) is 0 Å². The highest BCUT2D eigenvalue weighted by molar-refractivity contribution is 6.28. The van der Waals surface area contributed by atoms with Crippen LogP contribution in [0, 0.1) is 0 Å². The van der Waals surface area contributed by atoms with Gasteiger partial charge in [-0.3, -0.25) is 14.9 Å². The molecule has 1 N–H and O–H groups in total. The monoisotopic (exact) mass is 453 g/mol. The molecule has 0 saturated carbocycles. The summed E-state index contributed by atoms with van der Waals surface area (Å²) < 4.78 is 23.0. The molecule has 7 heteroatoms. The average Bonchev–Trinajstić information content (AvgIpc) is 3.46. The molecule has 0 spiro atoms. The molecular weight excluding hydrogens is 434 g/mol. The van der Waals surface area contributed by atoms with Crippen LogP contribution in [0.2, 0.25) is 0 Å². The number of ether oxygens (including phenoxy) is 4. The number of carbonyl (C=O) groups is 2. The van der Waals surface area contributed by atoms with Gasteiger partial charge >= 0.3 is 0 Å². The Kier molecular flexibility index (Phi) is 4.62. The summed E-state index contributed by atoms with van der Waals surface area (Å²) in [5.74, 6) is 1.34. The third-order valence-corrected chi connectivity index (χ3v) is 6.03. The number of benzene rings is 4. The van der Waals surface area contributed by atoms with Crippen LogP contribution in [-0.4, -0.2) is 25.7 Å². The van der Waals surface area contributed by atoms with Crippen molar-refractivity contribution < 1.29 is 28.5 Å². The lowest BCUT2D eigenvalue weighted by molar-refractivity contribution is 0.0880. The molecule has 34 heavy (non-hydrogen) atoms.